The molecule has 158 valence electrons. The van der Waals surface area contributed by atoms with Gasteiger partial charge in [0.15, 0.2) is 0 Å². The third kappa shape index (κ3) is 4.47. The van der Waals surface area contributed by atoms with Crippen LogP contribution in [0.15, 0.2) is 54.1 Å². The van der Waals surface area contributed by atoms with E-state index < -0.39 is 5.91 Å². The number of carbonyl (C=O) groups is 1. The molecule has 1 saturated heterocycles. The zero-order chi connectivity index (χ0) is 21.8. The maximum atomic E-state index is 12.9. The molecule has 1 N–H and O–H groups in total. The molecule has 6 heteroatoms. The summed E-state index contributed by atoms with van der Waals surface area (Å²) in [5.74, 6) is 1.49. The van der Waals surface area contributed by atoms with Crippen LogP contribution in [-0.2, 0) is 9.53 Å². The number of nitrogens with one attached hydrogen (secondary N) is 1. The first-order chi connectivity index (χ1) is 15.1. The van der Waals surface area contributed by atoms with E-state index in [1.54, 1.807) is 13.2 Å². The van der Waals surface area contributed by atoms with Gasteiger partial charge in [-0.15, -0.1) is 0 Å². The van der Waals surface area contributed by atoms with Gasteiger partial charge in [0.2, 0.25) is 0 Å². The van der Waals surface area contributed by atoms with Crippen molar-refractivity contribution in [2.24, 2.45) is 0 Å². The SMILES string of the molecule is COc1ccc(C2=CC(=C(C#N)C(=O)NC[C@@H]3CCCO3)c3cc(C)ccc3O2)cc1. The first-order valence-corrected chi connectivity index (χ1v) is 10.3. The van der Waals surface area contributed by atoms with Crippen molar-refractivity contribution in [2.75, 3.05) is 20.3 Å². The number of allylic oxidation sites excluding steroid dienone is 2. The Balaban J connectivity index is 1.73. The summed E-state index contributed by atoms with van der Waals surface area (Å²) in [6, 6.07) is 15.3. The number of hydrogen-bond donors (Lipinski definition) is 1. The maximum Gasteiger partial charge on any atom is 0.262 e. The first kappa shape index (κ1) is 20.7. The lowest BCUT2D eigenvalue weighted by atomic mass is 9.93. The molecular formula is C25H24N2O4. The van der Waals surface area contributed by atoms with E-state index in [9.17, 15) is 10.1 Å². The lowest BCUT2D eigenvalue weighted by molar-refractivity contribution is -0.117. The van der Waals surface area contributed by atoms with E-state index in [0.29, 0.717) is 30.2 Å². The van der Waals surface area contributed by atoms with Crippen LogP contribution in [0.3, 0.4) is 0 Å². The Morgan fingerprint density at radius 1 is 1.26 bits per heavy atom. The topological polar surface area (TPSA) is 80.6 Å². The second kappa shape index (κ2) is 9.07. The van der Waals surface area contributed by atoms with Crippen molar-refractivity contribution >= 4 is 17.2 Å². The van der Waals surface area contributed by atoms with Crippen LogP contribution >= 0.6 is 0 Å². The van der Waals surface area contributed by atoms with E-state index in [1.807, 2.05) is 49.4 Å². The molecule has 1 atom stereocenters. The second-order valence-electron chi connectivity index (χ2n) is 7.58. The Labute approximate surface area is 181 Å². The number of rotatable bonds is 5. The second-order valence-corrected chi connectivity index (χ2v) is 7.58. The van der Waals surface area contributed by atoms with Gasteiger partial charge in [0.05, 0.1) is 13.2 Å². The van der Waals surface area contributed by atoms with Gasteiger partial charge in [-0.05, 0) is 62.2 Å². The lowest BCUT2D eigenvalue weighted by Gasteiger charge is -2.22. The molecule has 2 heterocycles. The molecule has 6 nitrogen and oxygen atoms in total. The summed E-state index contributed by atoms with van der Waals surface area (Å²) >= 11 is 0. The molecule has 31 heavy (non-hydrogen) atoms. The van der Waals surface area contributed by atoms with Gasteiger partial charge in [-0.3, -0.25) is 4.79 Å². The fourth-order valence-corrected chi connectivity index (χ4v) is 3.74. The van der Waals surface area contributed by atoms with Crippen LogP contribution in [0.2, 0.25) is 0 Å². The largest absolute Gasteiger partial charge is 0.497 e. The minimum absolute atomic E-state index is 0.00325. The number of ether oxygens (including phenoxy) is 3. The van der Waals surface area contributed by atoms with E-state index in [1.165, 1.54) is 0 Å². The third-order valence-corrected chi connectivity index (χ3v) is 5.42. The van der Waals surface area contributed by atoms with Crippen LogP contribution in [-0.4, -0.2) is 32.3 Å². The molecule has 2 aromatic carbocycles. The van der Waals surface area contributed by atoms with Crippen molar-refractivity contribution in [3.05, 3.63) is 70.8 Å². The monoisotopic (exact) mass is 416 g/mol. The van der Waals surface area contributed by atoms with Crippen molar-refractivity contribution in [3.8, 4) is 17.6 Å². The van der Waals surface area contributed by atoms with Crippen molar-refractivity contribution in [1.82, 2.24) is 5.32 Å². The minimum atomic E-state index is -0.410. The Kier molecular flexibility index (Phi) is 6.06. The Hall–Kier alpha value is -3.56. The Morgan fingerprint density at radius 3 is 2.74 bits per heavy atom. The summed E-state index contributed by atoms with van der Waals surface area (Å²) in [6.45, 7) is 3.07. The fraction of sp³-hybridized carbons (Fsp3) is 0.280. The average molecular weight is 416 g/mol. The zero-order valence-electron chi connectivity index (χ0n) is 17.6. The van der Waals surface area contributed by atoms with Crippen molar-refractivity contribution in [2.45, 2.75) is 25.9 Å². The summed E-state index contributed by atoms with van der Waals surface area (Å²) in [6.07, 6.45) is 3.66. The molecule has 0 unspecified atom stereocenters. The maximum absolute atomic E-state index is 12.9. The highest BCUT2D eigenvalue weighted by Gasteiger charge is 2.25. The standard InChI is InChI=1S/C25H24N2O4/c1-16-5-10-23-21(12-16)20(13-24(31-23)17-6-8-18(29-2)9-7-17)22(14-26)25(28)27-15-19-4-3-11-30-19/h5-10,12-13,19H,3-4,11,15H2,1-2H3,(H,27,28)/t19-/m0/s1. The number of methoxy groups -OCH3 is 1. The molecule has 0 spiro atoms. The fourth-order valence-electron chi connectivity index (χ4n) is 3.74. The number of carbonyl (C=O) groups excluding carboxylic acids is 1. The van der Waals surface area contributed by atoms with Crippen LogP contribution in [0.25, 0.3) is 11.3 Å². The number of benzene rings is 2. The summed E-state index contributed by atoms with van der Waals surface area (Å²) in [7, 11) is 1.61. The van der Waals surface area contributed by atoms with Crippen LogP contribution < -0.4 is 14.8 Å². The molecule has 0 aromatic heterocycles. The highest BCUT2D eigenvalue weighted by Crippen LogP contribution is 2.39. The van der Waals surface area contributed by atoms with Crippen LogP contribution in [0.1, 0.15) is 29.5 Å². The van der Waals surface area contributed by atoms with Crippen molar-refractivity contribution in [1.29, 1.82) is 5.26 Å². The molecule has 2 aromatic rings. The quantitative estimate of drug-likeness (QED) is 0.588. The normalized spacial score (nSPS) is 18.9. The van der Waals surface area contributed by atoms with Gasteiger partial charge >= 0.3 is 0 Å². The zero-order valence-corrected chi connectivity index (χ0v) is 17.6. The molecular weight excluding hydrogens is 392 g/mol. The number of nitrogens with zero attached hydrogens (tertiary/aromatic N) is 1. The number of amides is 1. The summed E-state index contributed by atoms with van der Waals surface area (Å²) in [5.41, 5.74) is 3.16. The smallest absolute Gasteiger partial charge is 0.262 e. The summed E-state index contributed by atoms with van der Waals surface area (Å²) in [5, 5.41) is 12.7. The van der Waals surface area contributed by atoms with Gasteiger partial charge in [0.1, 0.15) is 28.9 Å². The van der Waals surface area contributed by atoms with E-state index >= 15 is 0 Å². The Bertz CT molecular complexity index is 1090. The molecule has 1 fully saturated rings. The highest BCUT2D eigenvalue weighted by molar-refractivity contribution is 6.09. The van der Waals surface area contributed by atoms with Gasteiger partial charge in [-0.25, -0.2) is 0 Å². The molecule has 2 aliphatic rings. The van der Waals surface area contributed by atoms with Crippen LogP contribution in [0.5, 0.6) is 11.5 Å². The molecule has 1 amide bonds. The van der Waals surface area contributed by atoms with Crippen molar-refractivity contribution in [3.63, 3.8) is 0 Å². The van der Waals surface area contributed by atoms with E-state index in [0.717, 1.165) is 35.3 Å². The van der Waals surface area contributed by atoms with E-state index in [4.69, 9.17) is 14.2 Å². The minimum Gasteiger partial charge on any atom is -0.497 e. The van der Waals surface area contributed by atoms with E-state index in [2.05, 4.69) is 11.4 Å². The number of nitriles is 1. The van der Waals surface area contributed by atoms with E-state index in [-0.39, 0.29) is 11.7 Å². The molecule has 0 bridgehead atoms. The first-order valence-electron chi connectivity index (χ1n) is 10.3. The predicted octanol–water partition coefficient (Wildman–Crippen LogP) is 4.01. The summed E-state index contributed by atoms with van der Waals surface area (Å²) in [4.78, 5) is 12.9. The number of aryl methyl sites for hydroxylation is 1. The number of fused-ring (bicyclic) bond motifs is 1. The molecule has 2 aliphatic heterocycles. The van der Waals surface area contributed by atoms with Crippen molar-refractivity contribution < 1.29 is 19.0 Å². The molecule has 0 aliphatic carbocycles. The van der Waals surface area contributed by atoms with Gasteiger partial charge < -0.3 is 19.5 Å². The van der Waals surface area contributed by atoms with Crippen LogP contribution in [0, 0.1) is 18.3 Å². The van der Waals surface area contributed by atoms with Gasteiger partial charge in [-0.2, -0.15) is 5.26 Å². The molecule has 4 rings (SSSR count). The Morgan fingerprint density at radius 2 is 2.06 bits per heavy atom. The number of hydrogen-bond acceptors (Lipinski definition) is 5. The summed E-state index contributed by atoms with van der Waals surface area (Å²) < 4.78 is 16.9. The van der Waals surface area contributed by atoms with Crippen LogP contribution in [0.4, 0.5) is 0 Å². The lowest BCUT2D eigenvalue weighted by Crippen LogP contribution is -2.33. The van der Waals surface area contributed by atoms with Gasteiger partial charge in [-0.1, -0.05) is 11.6 Å². The molecule has 0 saturated carbocycles. The van der Waals surface area contributed by atoms with Gasteiger partial charge in [0, 0.05) is 29.9 Å². The average Bonchev–Trinajstić information content (AvgIpc) is 3.32. The predicted molar refractivity (Wildman–Crippen MR) is 117 cm³/mol. The third-order valence-electron chi connectivity index (χ3n) is 5.42. The van der Waals surface area contributed by atoms with Gasteiger partial charge in [0.25, 0.3) is 5.91 Å². The molecule has 0 radical (unpaired) electrons. The highest BCUT2D eigenvalue weighted by atomic mass is 16.5.